The van der Waals surface area contributed by atoms with Gasteiger partial charge in [0.2, 0.25) is 0 Å². The van der Waals surface area contributed by atoms with Crippen molar-refractivity contribution in [2.75, 3.05) is 5.32 Å². The fourth-order valence-electron chi connectivity index (χ4n) is 3.09. The van der Waals surface area contributed by atoms with Crippen LogP contribution >= 0.6 is 0 Å². The molecule has 2 aromatic heterocycles. The van der Waals surface area contributed by atoms with Gasteiger partial charge in [0, 0.05) is 35.2 Å². The topological polar surface area (TPSA) is 29.9 Å². The monoisotopic (exact) mass is 301 g/mol. The molecule has 114 valence electrons. The molecule has 0 radical (unpaired) electrons. The summed E-state index contributed by atoms with van der Waals surface area (Å²) < 4.78 is 2.13. The number of para-hydroxylation sites is 1. The second-order valence-corrected chi connectivity index (χ2v) is 6.05. The molecule has 0 bridgehead atoms. The summed E-state index contributed by atoms with van der Waals surface area (Å²) in [6.45, 7) is 4.28. The van der Waals surface area contributed by atoms with Gasteiger partial charge in [-0.05, 0) is 55.3 Å². The highest BCUT2D eigenvalue weighted by Crippen LogP contribution is 2.28. The highest BCUT2D eigenvalue weighted by molar-refractivity contribution is 5.88. The van der Waals surface area contributed by atoms with Crippen molar-refractivity contribution >= 4 is 33.3 Å². The van der Waals surface area contributed by atoms with Gasteiger partial charge in [-0.3, -0.25) is 0 Å². The summed E-state index contributed by atoms with van der Waals surface area (Å²) in [6.07, 6.45) is 2.08. The summed E-state index contributed by atoms with van der Waals surface area (Å²) in [6, 6.07) is 16.8. The van der Waals surface area contributed by atoms with E-state index >= 15 is 0 Å². The third-order valence-corrected chi connectivity index (χ3v) is 4.61. The van der Waals surface area contributed by atoms with Crippen LogP contribution in [0.3, 0.4) is 0 Å². The normalized spacial score (nSPS) is 11.3. The fraction of sp³-hybridized carbons (Fsp3) is 0.150. The molecule has 0 atom stereocenters. The Labute approximate surface area is 135 Å². The maximum absolute atomic E-state index is 4.80. The van der Waals surface area contributed by atoms with Crippen molar-refractivity contribution in [3.8, 4) is 0 Å². The Balaban J connectivity index is 1.80. The summed E-state index contributed by atoms with van der Waals surface area (Å²) >= 11 is 0. The summed E-state index contributed by atoms with van der Waals surface area (Å²) in [4.78, 5) is 4.80. The number of nitrogens with zero attached hydrogens (tertiary/aromatic N) is 2. The fourth-order valence-corrected chi connectivity index (χ4v) is 3.09. The zero-order valence-electron chi connectivity index (χ0n) is 13.6. The predicted octanol–water partition coefficient (Wildman–Crippen LogP) is 5.09. The summed E-state index contributed by atoms with van der Waals surface area (Å²) in [5.74, 6) is 0.927. The first-order chi connectivity index (χ1) is 11.1. The Morgan fingerprint density at radius 2 is 1.78 bits per heavy atom. The van der Waals surface area contributed by atoms with Crippen molar-refractivity contribution in [2.24, 2.45) is 7.05 Å². The van der Waals surface area contributed by atoms with Gasteiger partial charge in [-0.1, -0.05) is 18.2 Å². The van der Waals surface area contributed by atoms with Crippen LogP contribution in [0.5, 0.6) is 0 Å². The zero-order valence-corrected chi connectivity index (χ0v) is 13.6. The first-order valence-corrected chi connectivity index (χ1v) is 7.81. The Kier molecular flexibility index (Phi) is 3.08. The van der Waals surface area contributed by atoms with E-state index in [1.807, 2.05) is 6.07 Å². The lowest BCUT2D eigenvalue weighted by molar-refractivity contribution is 0.969. The average molecular weight is 301 g/mol. The van der Waals surface area contributed by atoms with Crippen molar-refractivity contribution in [3.63, 3.8) is 0 Å². The lowest BCUT2D eigenvalue weighted by Gasteiger charge is -2.13. The number of aryl methyl sites for hydroxylation is 2. The molecule has 0 saturated carbocycles. The van der Waals surface area contributed by atoms with Gasteiger partial charge in [0.25, 0.3) is 0 Å². The van der Waals surface area contributed by atoms with Crippen LogP contribution in [0, 0.1) is 13.8 Å². The Morgan fingerprint density at radius 3 is 2.65 bits per heavy atom. The third kappa shape index (κ3) is 2.25. The highest BCUT2D eigenvalue weighted by Gasteiger charge is 2.09. The number of fused-ring (bicyclic) bond motifs is 2. The number of hydrogen-bond donors (Lipinski definition) is 1. The quantitative estimate of drug-likeness (QED) is 0.559. The molecule has 0 aliphatic heterocycles. The summed E-state index contributed by atoms with van der Waals surface area (Å²) in [5.41, 5.74) is 5.79. The van der Waals surface area contributed by atoms with Crippen molar-refractivity contribution in [3.05, 3.63) is 65.9 Å². The highest BCUT2D eigenvalue weighted by atomic mass is 15.0. The molecule has 4 rings (SSSR count). The van der Waals surface area contributed by atoms with Gasteiger partial charge in [0.15, 0.2) is 0 Å². The molecule has 3 nitrogen and oxygen atoms in total. The van der Waals surface area contributed by atoms with E-state index in [9.17, 15) is 0 Å². The van der Waals surface area contributed by atoms with E-state index in [1.54, 1.807) is 0 Å². The SMILES string of the molecule is Cc1c(Nc2ccc3c(ccn3C)c2)nc2ccccc2c1C. The Hall–Kier alpha value is -2.81. The lowest BCUT2D eigenvalue weighted by atomic mass is 10.0. The van der Waals surface area contributed by atoms with Gasteiger partial charge in [0.1, 0.15) is 5.82 Å². The Morgan fingerprint density at radius 1 is 0.957 bits per heavy atom. The van der Waals surface area contributed by atoms with Crippen LogP contribution < -0.4 is 5.32 Å². The van der Waals surface area contributed by atoms with E-state index in [1.165, 1.54) is 27.4 Å². The standard InChI is InChI=1S/C20H19N3/c1-13-14(2)20(22-18-7-5-4-6-17(13)18)21-16-8-9-19-15(12-16)10-11-23(19)3/h4-12H,1-3H3,(H,21,22). The summed E-state index contributed by atoms with van der Waals surface area (Å²) in [5, 5.41) is 5.93. The largest absolute Gasteiger partial charge is 0.351 e. The van der Waals surface area contributed by atoms with Crippen LogP contribution in [-0.4, -0.2) is 9.55 Å². The number of hydrogen-bond acceptors (Lipinski definition) is 2. The minimum absolute atomic E-state index is 0.927. The van der Waals surface area contributed by atoms with Crippen LogP contribution in [0.4, 0.5) is 11.5 Å². The van der Waals surface area contributed by atoms with Crippen molar-refractivity contribution in [2.45, 2.75) is 13.8 Å². The third-order valence-electron chi connectivity index (χ3n) is 4.61. The summed E-state index contributed by atoms with van der Waals surface area (Å²) in [7, 11) is 2.06. The van der Waals surface area contributed by atoms with Crippen molar-refractivity contribution in [1.29, 1.82) is 0 Å². The van der Waals surface area contributed by atoms with Crippen LogP contribution in [0.25, 0.3) is 21.8 Å². The maximum Gasteiger partial charge on any atom is 0.134 e. The van der Waals surface area contributed by atoms with E-state index in [0.717, 1.165) is 17.0 Å². The van der Waals surface area contributed by atoms with Gasteiger partial charge in [0.05, 0.1) is 5.52 Å². The zero-order chi connectivity index (χ0) is 16.0. The van der Waals surface area contributed by atoms with E-state index in [4.69, 9.17) is 4.98 Å². The van der Waals surface area contributed by atoms with Gasteiger partial charge in [-0.2, -0.15) is 0 Å². The molecule has 2 heterocycles. The smallest absolute Gasteiger partial charge is 0.134 e. The molecule has 4 aromatic rings. The van der Waals surface area contributed by atoms with E-state index in [-0.39, 0.29) is 0 Å². The average Bonchev–Trinajstić information content (AvgIpc) is 2.93. The molecule has 0 unspecified atom stereocenters. The van der Waals surface area contributed by atoms with Crippen molar-refractivity contribution in [1.82, 2.24) is 9.55 Å². The molecule has 3 heteroatoms. The van der Waals surface area contributed by atoms with Gasteiger partial charge >= 0.3 is 0 Å². The lowest BCUT2D eigenvalue weighted by Crippen LogP contribution is -1.99. The van der Waals surface area contributed by atoms with E-state index in [0.29, 0.717) is 0 Å². The van der Waals surface area contributed by atoms with E-state index in [2.05, 4.69) is 79.4 Å². The van der Waals surface area contributed by atoms with Gasteiger partial charge < -0.3 is 9.88 Å². The number of aromatic nitrogens is 2. The molecular formula is C20H19N3. The van der Waals surface area contributed by atoms with Crippen LogP contribution in [0.2, 0.25) is 0 Å². The first kappa shape index (κ1) is 13.8. The minimum Gasteiger partial charge on any atom is -0.351 e. The number of anilines is 2. The molecule has 0 spiro atoms. The second kappa shape index (κ2) is 5.13. The molecule has 1 N–H and O–H groups in total. The number of nitrogens with one attached hydrogen (secondary N) is 1. The van der Waals surface area contributed by atoms with Crippen LogP contribution in [-0.2, 0) is 7.05 Å². The van der Waals surface area contributed by atoms with Crippen molar-refractivity contribution < 1.29 is 0 Å². The number of pyridine rings is 1. The second-order valence-electron chi connectivity index (χ2n) is 6.05. The van der Waals surface area contributed by atoms with E-state index < -0.39 is 0 Å². The molecule has 2 aromatic carbocycles. The molecule has 23 heavy (non-hydrogen) atoms. The minimum atomic E-state index is 0.927. The molecule has 0 amide bonds. The molecule has 0 aliphatic rings. The first-order valence-electron chi connectivity index (χ1n) is 7.81. The molecule has 0 aliphatic carbocycles. The molecular weight excluding hydrogens is 282 g/mol. The van der Waals surface area contributed by atoms with Gasteiger partial charge in [-0.15, -0.1) is 0 Å². The predicted molar refractivity (Wildman–Crippen MR) is 97.4 cm³/mol. The molecule has 0 saturated heterocycles. The van der Waals surface area contributed by atoms with Gasteiger partial charge in [-0.25, -0.2) is 4.98 Å². The van der Waals surface area contributed by atoms with Crippen LogP contribution in [0.15, 0.2) is 54.7 Å². The maximum atomic E-state index is 4.80. The number of benzene rings is 2. The molecule has 0 fully saturated rings. The number of rotatable bonds is 2. The van der Waals surface area contributed by atoms with Crippen LogP contribution in [0.1, 0.15) is 11.1 Å². The Bertz CT molecular complexity index is 1030.